The summed E-state index contributed by atoms with van der Waals surface area (Å²) in [6.07, 6.45) is -3.64. The van der Waals surface area contributed by atoms with Gasteiger partial charge in [-0.3, -0.25) is 4.79 Å². The van der Waals surface area contributed by atoms with E-state index < -0.39 is 11.7 Å². The molecule has 1 unspecified atom stereocenters. The molecule has 17 heavy (non-hydrogen) atoms. The molecule has 0 aliphatic heterocycles. The van der Waals surface area contributed by atoms with Gasteiger partial charge in [0.05, 0.1) is 5.56 Å². The van der Waals surface area contributed by atoms with Crippen molar-refractivity contribution < 1.29 is 18.0 Å². The number of halogens is 3. The third-order valence-corrected chi connectivity index (χ3v) is 3.30. The Balaban J connectivity index is 2.26. The van der Waals surface area contributed by atoms with Gasteiger partial charge in [-0.1, -0.05) is 26.0 Å². The summed E-state index contributed by atoms with van der Waals surface area (Å²) in [7, 11) is 0. The summed E-state index contributed by atoms with van der Waals surface area (Å²) in [6, 6.07) is 4.66. The van der Waals surface area contributed by atoms with Crippen LogP contribution in [0.1, 0.15) is 36.2 Å². The SMILES string of the molecule is CC1(C)CC1C(=O)c1cccc(C(F)(F)F)c1. The highest BCUT2D eigenvalue weighted by atomic mass is 19.4. The number of alkyl halides is 3. The van der Waals surface area contributed by atoms with Gasteiger partial charge in [0.2, 0.25) is 0 Å². The van der Waals surface area contributed by atoms with Crippen molar-refractivity contribution in [1.82, 2.24) is 0 Å². The molecule has 1 atom stereocenters. The first kappa shape index (κ1) is 12.1. The Labute approximate surface area is 97.6 Å². The molecule has 1 nitrogen and oxygen atoms in total. The third kappa shape index (κ3) is 2.35. The lowest BCUT2D eigenvalue weighted by Gasteiger charge is -2.08. The molecular formula is C13H13F3O. The summed E-state index contributed by atoms with van der Waals surface area (Å²) in [5, 5.41) is 0. The fraction of sp³-hybridized carbons (Fsp3) is 0.462. The van der Waals surface area contributed by atoms with Crippen molar-refractivity contribution in [2.45, 2.75) is 26.4 Å². The monoisotopic (exact) mass is 242 g/mol. The van der Waals surface area contributed by atoms with E-state index in [1.54, 1.807) is 0 Å². The molecule has 4 heteroatoms. The Morgan fingerprint density at radius 3 is 2.41 bits per heavy atom. The molecule has 1 aromatic rings. The molecule has 0 saturated heterocycles. The molecule has 0 radical (unpaired) electrons. The van der Waals surface area contributed by atoms with Crippen molar-refractivity contribution in [3.8, 4) is 0 Å². The first-order valence-corrected chi connectivity index (χ1v) is 5.43. The van der Waals surface area contributed by atoms with Crippen LogP contribution in [0.15, 0.2) is 24.3 Å². The van der Waals surface area contributed by atoms with E-state index in [0.717, 1.165) is 18.6 Å². The molecule has 0 amide bonds. The lowest BCUT2D eigenvalue weighted by molar-refractivity contribution is -0.137. The highest BCUT2D eigenvalue weighted by molar-refractivity contribution is 6.00. The van der Waals surface area contributed by atoms with Gasteiger partial charge in [-0.05, 0) is 24.0 Å². The minimum absolute atomic E-state index is 0.0642. The van der Waals surface area contributed by atoms with E-state index in [1.807, 2.05) is 13.8 Å². The van der Waals surface area contributed by atoms with Crippen molar-refractivity contribution >= 4 is 5.78 Å². The fourth-order valence-corrected chi connectivity index (χ4v) is 1.96. The lowest BCUT2D eigenvalue weighted by atomic mass is 10.00. The van der Waals surface area contributed by atoms with Crippen LogP contribution in [0.4, 0.5) is 13.2 Å². The van der Waals surface area contributed by atoms with Crippen LogP contribution >= 0.6 is 0 Å². The Morgan fingerprint density at radius 1 is 1.35 bits per heavy atom. The second kappa shape index (κ2) is 3.59. The van der Waals surface area contributed by atoms with E-state index in [2.05, 4.69) is 0 Å². The summed E-state index contributed by atoms with van der Waals surface area (Å²) in [4.78, 5) is 11.9. The van der Waals surface area contributed by atoms with Crippen molar-refractivity contribution in [2.24, 2.45) is 11.3 Å². The second-order valence-corrected chi connectivity index (χ2v) is 5.19. The molecule has 1 aliphatic rings. The van der Waals surface area contributed by atoms with Gasteiger partial charge < -0.3 is 0 Å². The van der Waals surface area contributed by atoms with Gasteiger partial charge in [-0.25, -0.2) is 0 Å². The predicted molar refractivity (Wildman–Crippen MR) is 57.7 cm³/mol. The van der Waals surface area contributed by atoms with Crippen LogP contribution in [-0.4, -0.2) is 5.78 Å². The van der Waals surface area contributed by atoms with Gasteiger partial charge in [0.25, 0.3) is 0 Å². The van der Waals surface area contributed by atoms with Gasteiger partial charge in [0.1, 0.15) is 0 Å². The van der Waals surface area contributed by atoms with E-state index in [9.17, 15) is 18.0 Å². The largest absolute Gasteiger partial charge is 0.416 e. The second-order valence-electron chi connectivity index (χ2n) is 5.19. The number of carbonyl (C=O) groups is 1. The number of hydrogen-bond donors (Lipinski definition) is 0. The number of ketones is 1. The Hall–Kier alpha value is -1.32. The molecule has 1 aromatic carbocycles. The van der Waals surface area contributed by atoms with Crippen LogP contribution in [0, 0.1) is 11.3 Å². The number of rotatable bonds is 2. The standard InChI is InChI=1S/C13H13F3O/c1-12(2)7-10(12)11(17)8-4-3-5-9(6-8)13(14,15)16/h3-6,10H,7H2,1-2H3. The van der Waals surface area contributed by atoms with E-state index >= 15 is 0 Å². The zero-order valence-corrected chi connectivity index (χ0v) is 9.64. The van der Waals surface area contributed by atoms with Gasteiger partial charge in [-0.15, -0.1) is 0 Å². The maximum atomic E-state index is 12.5. The number of Topliss-reactive ketones (excluding diaryl/α,β-unsaturated/α-hetero) is 1. The predicted octanol–water partition coefficient (Wildman–Crippen LogP) is 3.93. The van der Waals surface area contributed by atoms with E-state index in [1.165, 1.54) is 12.1 Å². The normalized spacial score (nSPS) is 22.3. The molecule has 0 bridgehead atoms. The Bertz CT molecular complexity index is 460. The van der Waals surface area contributed by atoms with Gasteiger partial charge in [0, 0.05) is 11.5 Å². The maximum absolute atomic E-state index is 12.5. The van der Waals surface area contributed by atoms with Crippen molar-refractivity contribution in [2.75, 3.05) is 0 Å². The first-order valence-electron chi connectivity index (χ1n) is 5.43. The lowest BCUT2D eigenvalue weighted by Crippen LogP contribution is -2.10. The Kier molecular flexibility index (Phi) is 2.56. The average molecular weight is 242 g/mol. The van der Waals surface area contributed by atoms with Crippen LogP contribution in [-0.2, 0) is 6.18 Å². The highest BCUT2D eigenvalue weighted by Gasteiger charge is 2.50. The molecule has 0 aromatic heterocycles. The zero-order valence-electron chi connectivity index (χ0n) is 9.64. The van der Waals surface area contributed by atoms with E-state index in [4.69, 9.17) is 0 Å². The number of hydrogen-bond acceptors (Lipinski definition) is 1. The van der Waals surface area contributed by atoms with Crippen molar-refractivity contribution in [3.63, 3.8) is 0 Å². The molecule has 0 heterocycles. The summed E-state index contributed by atoms with van der Waals surface area (Å²) in [6.45, 7) is 3.90. The summed E-state index contributed by atoms with van der Waals surface area (Å²) in [5.41, 5.74) is -0.664. The number of carbonyl (C=O) groups excluding carboxylic acids is 1. The average Bonchev–Trinajstić information content (AvgIpc) is 2.86. The third-order valence-electron chi connectivity index (χ3n) is 3.30. The van der Waals surface area contributed by atoms with Gasteiger partial charge >= 0.3 is 6.18 Å². The van der Waals surface area contributed by atoms with Crippen LogP contribution < -0.4 is 0 Å². The minimum atomic E-state index is -4.39. The summed E-state index contributed by atoms with van der Waals surface area (Å²) < 4.78 is 37.5. The summed E-state index contributed by atoms with van der Waals surface area (Å²) >= 11 is 0. The van der Waals surface area contributed by atoms with Crippen molar-refractivity contribution in [1.29, 1.82) is 0 Å². The van der Waals surface area contributed by atoms with Gasteiger partial charge in [-0.2, -0.15) is 13.2 Å². The molecule has 2 rings (SSSR count). The van der Waals surface area contributed by atoms with Crippen molar-refractivity contribution in [3.05, 3.63) is 35.4 Å². The molecule has 1 aliphatic carbocycles. The fourth-order valence-electron chi connectivity index (χ4n) is 1.96. The zero-order chi connectivity index (χ0) is 12.8. The quantitative estimate of drug-likeness (QED) is 0.718. The van der Waals surface area contributed by atoms with E-state index in [0.29, 0.717) is 0 Å². The molecule has 92 valence electrons. The molecule has 1 saturated carbocycles. The first-order chi connectivity index (χ1) is 7.72. The smallest absolute Gasteiger partial charge is 0.294 e. The minimum Gasteiger partial charge on any atom is -0.294 e. The molecule has 0 spiro atoms. The van der Waals surface area contributed by atoms with Crippen LogP contribution in [0.25, 0.3) is 0 Å². The number of benzene rings is 1. The molecule has 1 fully saturated rings. The highest BCUT2D eigenvalue weighted by Crippen LogP contribution is 2.53. The van der Waals surface area contributed by atoms with E-state index in [-0.39, 0.29) is 22.7 Å². The van der Waals surface area contributed by atoms with Gasteiger partial charge in [0.15, 0.2) is 5.78 Å². The maximum Gasteiger partial charge on any atom is 0.416 e. The molecule has 0 N–H and O–H groups in total. The molecular weight excluding hydrogens is 229 g/mol. The summed E-state index contributed by atoms with van der Waals surface area (Å²) in [5.74, 6) is -0.313. The van der Waals surface area contributed by atoms with Crippen LogP contribution in [0.3, 0.4) is 0 Å². The van der Waals surface area contributed by atoms with Crippen LogP contribution in [0.2, 0.25) is 0 Å². The Morgan fingerprint density at radius 2 is 1.94 bits per heavy atom. The topological polar surface area (TPSA) is 17.1 Å². The van der Waals surface area contributed by atoms with Crippen LogP contribution in [0.5, 0.6) is 0 Å².